The highest BCUT2D eigenvalue weighted by atomic mass is 16.6. The molecule has 1 aliphatic rings. The van der Waals surface area contributed by atoms with Gasteiger partial charge in [-0.15, -0.1) is 6.58 Å². The van der Waals surface area contributed by atoms with E-state index < -0.39 is 24.4 Å². The minimum absolute atomic E-state index is 0.0896. The van der Waals surface area contributed by atoms with E-state index >= 15 is 0 Å². The van der Waals surface area contributed by atoms with Gasteiger partial charge in [-0.2, -0.15) is 0 Å². The summed E-state index contributed by atoms with van der Waals surface area (Å²) in [4.78, 5) is 0. The maximum Gasteiger partial charge on any atom is 0.114 e. The molecule has 4 atom stereocenters. The minimum Gasteiger partial charge on any atom is -0.394 e. The van der Waals surface area contributed by atoms with Crippen molar-refractivity contribution >= 4 is 0 Å². The number of rotatable bonds is 9. The third-order valence-electron chi connectivity index (χ3n) is 3.37. The average molecular weight is 274 g/mol. The first-order valence-corrected chi connectivity index (χ1v) is 7.01. The molecule has 0 saturated carbocycles. The van der Waals surface area contributed by atoms with E-state index in [1.54, 1.807) is 0 Å². The van der Waals surface area contributed by atoms with E-state index in [0.29, 0.717) is 6.61 Å². The van der Waals surface area contributed by atoms with Gasteiger partial charge in [0.25, 0.3) is 0 Å². The summed E-state index contributed by atoms with van der Waals surface area (Å²) in [5.41, 5.74) is 0. The Kier molecular flexibility index (Phi) is 8.25. The van der Waals surface area contributed by atoms with Crippen LogP contribution in [-0.4, -0.2) is 59.6 Å². The van der Waals surface area contributed by atoms with Crippen LogP contribution in [0, 0.1) is 0 Å². The highest BCUT2D eigenvalue weighted by molar-refractivity contribution is 4.87. The molecule has 0 aromatic rings. The van der Waals surface area contributed by atoms with Gasteiger partial charge in [0.05, 0.1) is 13.2 Å². The van der Waals surface area contributed by atoms with Crippen molar-refractivity contribution in [1.29, 1.82) is 0 Å². The highest BCUT2D eigenvalue weighted by Crippen LogP contribution is 2.19. The van der Waals surface area contributed by atoms with E-state index in [9.17, 15) is 10.2 Å². The molecule has 0 bridgehead atoms. The average Bonchev–Trinajstić information content (AvgIpc) is 2.41. The van der Waals surface area contributed by atoms with Gasteiger partial charge < -0.3 is 24.8 Å². The van der Waals surface area contributed by atoms with Gasteiger partial charge in [-0.3, -0.25) is 0 Å². The Bertz CT molecular complexity index is 246. The molecule has 0 spiro atoms. The Morgan fingerprint density at radius 3 is 2.63 bits per heavy atom. The Balaban J connectivity index is 2.17. The lowest BCUT2D eigenvalue weighted by molar-refractivity contribution is -0.210. The van der Waals surface area contributed by atoms with Crippen LogP contribution in [0.4, 0.5) is 0 Å². The second-order valence-electron chi connectivity index (χ2n) is 4.94. The highest BCUT2D eigenvalue weighted by Gasteiger charge is 2.38. The Labute approximate surface area is 114 Å². The summed E-state index contributed by atoms with van der Waals surface area (Å²) in [6.45, 7) is 4.00. The molecule has 5 nitrogen and oxygen atoms in total. The monoisotopic (exact) mass is 274 g/mol. The third-order valence-corrected chi connectivity index (χ3v) is 3.37. The largest absolute Gasteiger partial charge is 0.394 e. The number of allylic oxidation sites excluding steroid dienone is 1. The number of aliphatic hydroxyl groups excluding tert-OH is 3. The molecule has 1 saturated heterocycles. The molecular weight excluding hydrogens is 248 g/mol. The van der Waals surface area contributed by atoms with Gasteiger partial charge in [-0.25, -0.2) is 0 Å². The standard InChI is InChI=1S/C14H26O5/c1-2-3-4-5-6-7-8-18-14-11(16)10-19-12(9-15)13(14)17/h2,11-17H,1,3-10H2/t11-,12+,13+,14+/m0/s1. The van der Waals surface area contributed by atoms with Crippen molar-refractivity contribution in [2.24, 2.45) is 0 Å². The molecule has 1 fully saturated rings. The molecule has 0 aromatic carbocycles. The van der Waals surface area contributed by atoms with Gasteiger partial charge in [0.15, 0.2) is 0 Å². The molecule has 1 aliphatic heterocycles. The first-order chi connectivity index (χ1) is 9.20. The van der Waals surface area contributed by atoms with Gasteiger partial charge in [-0.05, 0) is 19.3 Å². The molecule has 0 aliphatic carbocycles. The smallest absolute Gasteiger partial charge is 0.114 e. The summed E-state index contributed by atoms with van der Waals surface area (Å²) in [5, 5.41) is 28.6. The minimum atomic E-state index is -0.977. The molecule has 0 aromatic heterocycles. The van der Waals surface area contributed by atoms with E-state index in [1.807, 2.05) is 6.08 Å². The van der Waals surface area contributed by atoms with Gasteiger partial charge in [0, 0.05) is 6.61 Å². The van der Waals surface area contributed by atoms with Crippen LogP contribution < -0.4 is 0 Å². The van der Waals surface area contributed by atoms with Gasteiger partial charge in [0.1, 0.15) is 24.4 Å². The fourth-order valence-electron chi connectivity index (χ4n) is 2.19. The lowest BCUT2D eigenvalue weighted by Crippen LogP contribution is -2.55. The number of ether oxygens (including phenoxy) is 2. The van der Waals surface area contributed by atoms with Gasteiger partial charge >= 0.3 is 0 Å². The molecule has 1 heterocycles. The van der Waals surface area contributed by atoms with Crippen molar-refractivity contribution in [2.75, 3.05) is 19.8 Å². The second-order valence-corrected chi connectivity index (χ2v) is 4.94. The van der Waals surface area contributed by atoms with Crippen molar-refractivity contribution in [3.63, 3.8) is 0 Å². The summed E-state index contributed by atoms with van der Waals surface area (Å²) in [6, 6.07) is 0. The normalized spacial score (nSPS) is 31.3. The fraction of sp³-hybridized carbons (Fsp3) is 0.857. The van der Waals surface area contributed by atoms with E-state index in [0.717, 1.165) is 32.1 Å². The summed E-state index contributed by atoms with van der Waals surface area (Å²) < 4.78 is 10.6. The van der Waals surface area contributed by atoms with E-state index in [-0.39, 0.29) is 13.2 Å². The van der Waals surface area contributed by atoms with Crippen LogP contribution in [0.1, 0.15) is 32.1 Å². The molecular formula is C14H26O5. The number of hydrogen-bond donors (Lipinski definition) is 3. The molecule has 0 unspecified atom stereocenters. The van der Waals surface area contributed by atoms with Crippen molar-refractivity contribution < 1.29 is 24.8 Å². The topological polar surface area (TPSA) is 79.2 Å². The van der Waals surface area contributed by atoms with Gasteiger partial charge in [0.2, 0.25) is 0 Å². The van der Waals surface area contributed by atoms with Crippen molar-refractivity contribution in [1.82, 2.24) is 0 Å². The first-order valence-electron chi connectivity index (χ1n) is 7.01. The van der Waals surface area contributed by atoms with Gasteiger partial charge in [-0.1, -0.05) is 18.9 Å². The zero-order chi connectivity index (χ0) is 14.1. The Morgan fingerprint density at radius 2 is 1.95 bits per heavy atom. The van der Waals surface area contributed by atoms with Crippen LogP contribution in [0.15, 0.2) is 12.7 Å². The maximum absolute atomic E-state index is 9.89. The molecule has 5 heteroatoms. The number of hydrogen-bond acceptors (Lipinski definition) is 5. The fourth-order valence-corrected chi connectivity index (χ4v) is 2.19. The molecule has 0 amide bonds. The second kappa shape index (κ2) is 9.44. The zero-order valence-corrected chi connectivity index (χ0v) is 11.4. The summed E-state index contributed by atoms with van der Waals surface area (Å²) >= 11 is 0. The van der Waals surface area contributed by atoms with Crippen LogP contribution in [0.3, 0.4) is 0 Å². The summed E-state index contributed by atoms with van der Waals surface area (Å²) in [6.07, 6.45) is 4.04. The van der Waals surface area contributed by atoms with Crippen LogP contribution in [0.25, 0.3) is 0 Å². The molecule has 0 radical (unpaired) electrons. The van der Waals surface area contributed by atoms with Crippen LogP contribution in [0.2, 0.25) is 0 Å². The Hall–Kier alpha value is -0.460. The predicted molar refractivity (Wildman–Crippen MR) is 71.9 cm³/mol. The van der Waals surface area contributed by atoms with E-state index in [2.05, 4.69) is 6.58 Å². The van der Waals surface area contributed by atoms with Crippen molar-refractivity contribution in [2.45, 2.75) is 56.5 Å². The first kappa shape index (κ1) is 16.6. The van der Waals surface area contributed by atoms with E-state index in [4.69, 9.17) is 14.6 Å². The molecule has 112 valence electrons. The van der Waals surface area contributed by atoms with Crippen molar-refractivity contribution in [3.05, 3.63) is 12.7 Å². The predicted octanol–water partition coefficient (Wildman–Crippen LogP) is 0.621. The Morgan fingerprint density at radius 1 is 1.21 bits per heavy atom. The SMILES string of the molecule is C=CCCCCCCO[C@H]1[C@H](O)[C@@H](CO)OC[C@@H]1O. The number of aliphatic hydroxyl groups is 3. The quantitative estimate of drug-likeness (QED) is 0.424. The zero-order valence-electron chi connectivity index (χ0n) is 11.4. The molecule has 3 N–H and O–H groups in total. The van der Waals surface area contributed by atoms with E-state index in [1.165, 1.54) is 0 Å². The van der Waals surface area contributed by atoms with Crippen LogP contribution in [-0.2, 0) is 9.47 Å². The maximum atomic E-state index is 9.89. The van der Waals surface area contributed by atoms with Crippen LogP contribution in [0.5, 0.6) is 0 Å². The lowest BCUT2D eigenvalue weighted by Gasteiger charge is -2.37. The van der Waals surface area contributed by atoms with Crippen molar-refractivity contribution in [3.8, 4) is 0 Å². The summed E-state index contributed by atoms with van der Waals surface area (Å²) in [5.74, 6) is 0. The number of unbranched alkanes of at least 4 members (excludes halogenated alkanes) is 4. The summed E-state index contributed by atoms with van der Waals surface area (Å²) in [7, 11) is 0. The molecule has 19 heavy (non-hydrogen) atoms. The lowest BCUT2D eigenvalue weighted by atomic mass is 10.0. The third kappa shape index (κ3) is 5.58. The van der Waals surface area contributed by atoms with Crippen LogP contribution >= 0.6 is 0 Å². The molecule has 1 rings (SSSR count).